The lowest BCUT2D eigenvalue weighted by atomic mass is 10.3. The Labute approximate surface area is 126 Å². The van der Waals surface area contributed by atoms with Crippen molar-refractivity contribution in [3.8, 4) is 5.75 Å². The molecule has 104 valence electrons. The lowest BCUT2D eigenvalue weighted by Gasteiger charge is -2.03. The van der Waals surface area contributed by atoms with Crippen molar-refractivity contribution in [2.24, 2.45) is 0 Å². The van der Waals surface area contributed by atoms with Crippen molar-refractivity contribution in [3.05, 3.63) is 39.1 Å². The van der Waals surface area contributed by atoms with E-state index in [1.165, 1.54) is 0 Å². The molecule has 0 radical (unpaired) electrons. The second-order valence-electron chi connectivity index (χ2n) is 4.60. The molecule has 0 fully saturated rings. The minimum atomic E-state index is 0.738. The van der Waals surface area contributed by atoms with Crippen LogP contribution in [0.3, 0.4) is 0 Å². The van der Waals surface area contributed by atoms with Gasteiger partial charge in [0.05, 0.1) is 23.2 Å². The van der Waals surface area contributed by atoms with Crippen molar-refractivity contribution in [1.29, 1.82) is 0 Å². The van der Waals surface area contributed by atoms with Crippen LogP contribution >= 0.6 is 23.6 Å². The van der Waals surface area contributed by atoms with Crippen molar-refractivity contribution >= 4 is 34.6 Å². The van der Waals surface area contributed by atoms with Gasteiger partial charge in [0.25, 0.3) is 0 Å². The molecular weight excluding hydrogens is 290 g/mol. The zero-order chi connectivity index (χ0) is 14.1. The van der Waals surface area contributed by atoms with Crippen LogP contribution in [0.1, 0.15) is 10.7 Å². The van der Waals surface area contributed by atoms with E-state index in [0.717, 1.165) is 45.2 Å². The number of fused-ring (bicyclic) bond motifs is 1. The van der Waals surface area contributed by atoms with Crippen molar-refractivity contribution in [3.63, 3.8) is 0 Å². The van der Waals surface area contributed by atoms with E-state index < -0.39 is 0 Å². The number of ether oxygens (including phenoxy) is 1. The van der Waals surface area contributed by atoms with E-state index in [-0.39, 0.29) is 0 Å². The van der Waals surface area contributed by atoms with Gasteiger partial charge in [0.15, 0.2) is 4.77 Å². The van der Waals surface area contributed by atoms with Gasteiger partial charge in [0.2, 0.25) is 0 Å². The highest BCUT2D eigenvalue weighted by Gasteiger charge is 2.07. The van der Waals surface area contributed by atoms with Crippen molar-refractivity contribution in [1.82, 2.24) is 14.5 Å². The number of nitrogens with zero attached hydrogens (tertiary/aromatic N) is 2. The summed E-state index contributed by atoms with van der Waals surface area (Å²) in [5.41, 5.74) is 3.19. The first-order valence-electron chi connectivity index (χ1n) is 6.35. The Hall–Kier alpha value is -1.66. The average Bonchev–Trinajstić information content (AvgIpc) is 2.98. The molecule has 2 heterocycles. The van der Waals surface area contributed by atoms with Gasteiger partial charge in [-0.05, 0) is 31.3 Å². The molecular formula is C14H15N3OS2. The molecule has 0 unspecified atom stereocenters. The van der Waals surface area contributed by atoms with Crippen LogP contribution in [-0.2, 0) is 13.0 Å². The molecule has 3 rings (SSSR count). The van der Waals surface area contributed by atoms with E-state index >= 15 is 0 Å². The van der Waals surface area contributed by atoms with Crippen LogP contribution in [0.15, 0.2) is 23.6 Å². The van der Waals surface area contributed by atoms with E-state index in [1.54, 1.807) is 18.4 Å². The van der Waals surface area contributed by atoms with Crippen LogP contribution in [0.5, 0.6) is 5.75 Å². The quantitative estimate of drug-likeness (QED) is 0.747. The predicted molar refractivity (Wildman–Crippen MR) is 84.2 cm³/mol. The Morgan fingerprint density at radius 1 is 1.45 bits per heavy atom. The molecule has 1 N–H and O–H groups in total. The molecule has 0 saturated heterocycles. The Kier molecular flexibility index (Phi) is 3.58. The van der Waals surface area contributed by atoms with Gasteiger partial charge < -0.3 is 14.3 Å². The molecule has 0 aliphatic rings. The number of nitrogens with one attached hydrogen (secondary N) is 1. The number of methoxy groups -OCH3 is 1. The topological polar surface area (TPSA) is 42.8 Å². The molecule has 0 atom stereocenters. The monoisotopic (exact) mass is 305 g/mol. The lowest BCUT2D eigenvalue weighted by Crippen LogP contribution is -2.01. The molecule has 0 saturated carbocycles. The smallest absolute Gasteiger partial charge is 0.178 e. The maximum atomic E-state index is 5.40. The van der Waals surface area contributed by atoms with Crippen molar-refractivity contribution in [2.75, 3.05) is 7.11 Å². The first-order valence-corrected chi connectivity index (χ1v) is 7.64. The van der Waals surface area contributed by atoms with Gasteiger partial charge in [-0.3, -0.25) is 0 Å². The zero-order valence-electron chi connectivity index (χ0n) is 11.3. The van der Waals surface area contributed by atoms with Crippen LogP contribution in [0.2, 0.25) is 0 Å². The van der Waals surface area contributed by atoms with E-state index in [4.69, 9.17) is 17.0 Å². The van der Waals surface area contributed by atoms with Gasteiger partial charge in [-0.2, -0.15) is 0 Å². The van der Waals surface area contributed by atoms with Gasteiger partial charge in [-0.15, -0.1) is 11.3 Å². The maximum Gasteiger partial charge on any atom is 0.178 e. The summed E-state index contributed by atoms with van der Waals surface area (Å²) in [6.07, 6.45) is 0.895. The summed E-state index contributed by atoms with van der Waals surface area (Å²) in [5, 5.41) is 3.22. The Bertz CT molecular complexity index is 800. The number of hydrogen-bond donors (Lipinski definition) is 1. The number of aryl methyl sites for hydroxylation is 3. The molecule has 6 heteroatoms. The lowest BCUT2D eigenvalue weighted by molar-refractivity contribution is 0.415. The minimum Gasteiger partial charge on any atom is -0.497 e. The van der Waals surface area contributed by atoms with E-state index in [1.807, 2.05) is 25.1 Å². The number of thiazole rings is 1. The molecule has 0 aliphatic heterocycles. The highest BCUT2D eigenvalue weighted by Crippen LogP contribution is 2.21. The number of rotatable bonds is 4. The highest BCUT2D eigenvalue weighted by molar-refractivity contribution is 7.71. The molecule has 0 bridgehead atoms. The summed E-state index contributed by atoms with van der Waals surface area (Å²) in [5.74, 6) is 0.830. The largest absolute Gasteiger partial charge is 0.497 e. The molecule has 0 amide bonds. The molecule has 0 spiro atoms. The van der Waals surface area contributed by atoms with Gasteiger partial charge in [0, 0.05) is 30.1 Å². The predicted octanol–water partition coefficient (Wildman–Crippen LogP) is 3.72. The number of aromatic amines is 1. The normalized spacial score (nSPS) is 11.1. The van der Waals surface area contributed by atoms with E-state index in [2.05, 4.69) is 19.9 Å². The Balaban J connectivity index is 1.91. The first kappa shape index (κ1) is 13.3. The number of H-pyrrole nitrogens is 1. The summed E-state index contributed by atoms with van der Waals surface area (Å²) in [6, 6.07) is 5.96. The highest BCUT2D eigenvalue weighted by atomic mass is 32.1. The standard InChI is InChI=1S/C14H15N3OS2/c1-9-8-20-13(15-9)5-6-17-12-4-3-10(18-2)7-11(12)16-14(17)19/h3-4,7-8H,5-6H2,1-2H3,(H,16,19). The van der Waals surface area contributed by atoms with Gasteiger partial charge in [-0.1, -0.05) is 0 Å². The third-order valence-electron chi connectivity index (χ3n) is 3.20. The summed E-state index contributed by atoms with van der Waals surface area (Å²) >= 11 is 7.10. The first-order chi connectivity index (χ1) is 9.67. The number of imidazole rings is 1. The van der Waals surface area contributed by atoms with Crippen LogP contribution < -0.4 is 4.74 Å². The molecule has 2 aromatic heterocycles. The third-order valence-corrected chi connectivity index (χ3v) is 4.55. The minimum absolute atomic E-state index is 0.738. The zero-order valence-corrected chi connectivity index (χ0v) is 13.0. The fraction of sp³-hybridized carbons (Fsp3) is 0.286. The molecule has 4 nitrogen and oxygen atoms in total. The number of benzene rings is 1. The Morgan fingerprint density at radius 3 is 3.00 bits per heavy atom. The van der Waals surface area contributed by atoms with E-state index in [0.29, 0.717) is 0 Å². The summed E-state index contributed by atoms with van der Waals surface area (Å²) < 4.78 is 8.08. The second-order valence-corrected chi connectivity index (χ2v) is 5.93. The number of hydrogen-bond acceptors (Lipinski definition) is 4. The van der Waals surface area contributed by atoms with Crippen LogP contribution in [0.4, 0.5) is 0 Å². The average molecular weight is 305 g/mol. The molecule has 0 aliphatic carbocycles. The van der Waals surface area contributed by atoms with Gasteiger partial charge in [0.1, 0.15) is 5.75 Å². The van der Waals surface area contributed by atoms with Gasteiger partial charge >= 0.3 is 0 Å². The third kappa shape index (κ3) is 2.48. The summed E-state index contributed by atoms with van der Waals surface area (Å²) in [7, 11) is 1.66. The second kappa shape index (κ2) is 5.38. The fourth-order valence-electron chi connectivity index (χ4n) is 2.22. The molecule has 3 aromatic rings. The van der Waals surface area contributed by atoms with E-state index in [9.17, 15) is 0 Å². The molecule has 20 heavy (non-hydrogen) atoms. The fourth-order valence-corrected chi connectivity index (χ4v) is 3.28. The van der Waals surface area contributed by atoms with Gasteiger partial charge in [-0.25, -0.2) is 4.98 Å². The summed E-state index contributed by atoms with van der Waals surface area (Å²) in [6.45, 7) is 2.85. The van der Waals surface area contributed by atoms with Crippen LogP contribution in [0.25, 0.3) is 11.0 Å². The summed E-state index contributed by atoms with van der Waals surface area (Å²) in [4.78, 5) is 7.71. The van der Waals surface area contributed by atoms with Crippen molar-refractivity contribution in [2.45, 2.75) is 19.9 Å². The van der Waals surface area contributed by atoms with Crippen LogP contribution in [-0.4, -0.2) is 21.6 Å². The SMILES string of the molecule is COc1ccc2c(c1)[nH]c(=S)n2CCc1nc(C)cs1. The van der Waals surface area contributed by atoms with Crippen molar-refractivity contribution < 1.29 is 4.74 Å². The van der Waals surface area contributed by atoms with Crippen LogP contribution in [0, 0.1) is 11.7 Å². The molecule has 1 aromatic carbocycles. The maximum absolute atomic E-state index is 5.40. The number of aromatic nitrogens is 3. The Morgan fingerprint density at radius 2 is 2.30 bits per heavy atom.